The van der Waals surface area contributed by atoms with E-state index < -0.39 is 46.3 Å². The number of nitrogens with zero attached hydrogens (tertiary/aromatic N) is 6. The zero-order valence-electron chi connectivity index (χ0n) is 30.0. The minimum atomic E-state index is -0.770. The van der Waals surface area contributed by atoms with Crippen molar-refractivity contribution in [2.75, 3.05) is 13.1 Å². The Bertz CT molecular complexity index is 1730. The maximum atomic E-state index is 12.7. The minimum Gasteiger partial charge on any atom is -0.418 e. The Hall–Kier alpha value is -5.34. The number of hydrazine groups is 1. The van der Waals surface area contributed by atoms with E-state index in [1.165, 1.54) is 17.3 Å². The fourth-order valence-corrected chi connectivity index (χ4v) is 5.46. The van der Waals surface area contributed by atoms with Gasteiger partial charge in [0.15, 0.2) is 0 Å². The SMILES string of the molecule is CCC(C)(C)C(=O)C(=O)N1CCC[C@H]1C(=O)NNC(=O)c1cccnc1.CCC(C)(C)C(=O)C(=O)N1CCC[C@H]1c1nnc(-c2cccnc2)o1. The zero-order valence-corrected chi connectivity index (χ0v) is 30.0. The van der Waals surface area contributed by atoms with Crippen molar-refractivity contribution in [1.82, 2.24) is 40.8 Å². The van der Waals surface area contributed by atoms with Crippen molar-refractivity contribution in [3.8, 4) is 11.5 Å². The number of ketones is 2. The van der Waals surface area contributed by atoms with Crippen LogP contribution in [0.5, 0.6) is 0 Å². The fraction of sp³-hybridized carbons (Fsp3) is 0.500. The molecule has 4 amide bonds. The molecule has 2 aliphatic rings. The van der Waals surface area contributed by atoms with Crippen LogP contribution in [0.15, 0.2) is 53.5 Å². The van der Waals surface area contributed by atoms with E-state index in [9.17, 15) is 28.8 Å². The Morgan fingerprint density at radius 2 is 1.37 bits per heavy atom. The molecule has 15 heteroatoms. The second kappa shape index (κ2) is 16.6. The van der Waals surface area contributed by atoms with Crippen molar-refractivity contribution in [2.24, 2.45) is 10.8 Å². The largest absolute Gasteiger partial charge is 0.418 e. The van der Waals surface area contributed by atoms with E-state index in [-0.39, 0.29) is 11.8 Å². The number of carbonyl (C=O) groups is 6. The lowest BCUT2D eigenvalue weighted by molar-refractivity contribution is -0.151. The first-order chi connectivity index (χ1) is 24.2. The first-order valence-corrected chi connectivity index (χ1v) is 17.2. The van der Waals surface area contributed by atoms with Crippen molar-refractivity contribution in [1.29, 1.82) is 0 Å². The molecule has 3 aromatic heterocycles. The summed E-state index contributed by atoms with van der Waals surface area (Å²) in [4.78, 5) is 85.2. The average Bonchev–Trinajstić information content (AvgIpc) is 3.95. The van der Waals surface area contributed by atoms with Crippen LogP contribution in [0.4, 0.5) is 0 Å². The Balaban J connectivity index is 0.000000229. The second-order valence-electron chi connectivity index (χ2n) is 13.8. The van der Waals surface area contributed by atoms with Gasteiger partial charge in [0.1, 0.15) is 12.1 Å². The van der Waals surface area contributed by atoms with E-state index in [2.05, 4.69) is 31.0 Å². The molecule has 2 N–H and O–H groups in total. The number of pyridine rings is 2. The van der Waals surface area contributed by atoms with Gasteiger partial charge in [0.05, 0.1) is 11.1 Å². The lowest BCUT2D eigenvalue weighted by Gasteiger charge is -2.27. The summed E-state index contributed by atoms with van der Waals surface area (Å²) in [6, 6.07) is 5.67. The van der Waals surface area contributed by atoms with Gasteiger partial charge in [0.25, 0.3) is 23.6 Å². The number of carbonyl (C=O) groups excluding carboxylic acids is 6. The van der Waals surface area contributed by atoms with Crippen molar-refractivity contribution in [2.45, 2.75) is 92.2 Å². The van der Waals surface area contributed by atoms with Crippen molar-refractivity contribution < 1.29 is 33.2 Å². The van der Waals surface area contributed by atoms with Gasteiger partial charge >= 0.3 is 0 Å². The van der Waals surface area contributed by atoms with Gasteiger partial charge in [-0.3, -0.25) is 49.6 Å². The summed E-state index contributed by atoms with van der Waals surface area (Å²) in [5.74, 6) is -2.27. The van der Waals surface area contributed by atoms with E-state index in [0.717, 1.165) is 12.0 Å². The molecule has 5 heterocycles. The third-order valence-electron chi connectivity index (χ3n) is 9.57. The Labute approximate surface area is 296 Å². The first kappa shape index (κ1) is 38.5. The quantitative estimate of drug-likeness (QED) is 0.231. The van der Waals surface area contributed by atoms with E-state index in [0.29, 0.717) is 62.5 Å². The van der Waals surface area contributed by atoms with Crippen LogP contribution >= 0.6 is 0 Å². The number of Topliss-reactive ketones (excluding diaryl/α,β-unsaturated/α-hetero) is 2. The van der Waals surface area contributed by atoms with Crippen LogP contribution in [0.2, 0.25) is 0 Å². The van der Waals surface area contributed by atoms with Crippen LogP contribution in [-0.4, -0.2) is 84.3 Å². The van der Waals surface area contributed by atoms with Gasteiger partial charge in [-0.2, -0.15) is 0 Å². The van der Waals surface area contributed by atoms with Crippen LogP contribution in [-0.2, 0) is 24.0 Å². The monoisotopic (exact) mass is 702 g/mol. The molecule has 0 unspecified atom stereocenters. The van der Waals surface area contributed by atoms with Crippen LogP contribution in [0, 0.1) is 10.8 Å². The fourth-order valence-electron chi connectivity index (χ4n) is 5.46. The van der Waals surface area contributed by atoms with Gasteiger partial charge in [0.2, 0.25) is 23.3 Å². The summed E-state index contributed by atoms with van der Waals surface area (Å²) < 4.78 is 5.76. The number of rotatable bonds is 10. The second-order valence-corrected chi connectivity index (χ2v) is 13.8. The molecule has 0 spiro atoms. The standard InChI is InChI=1S/C18H24N4O4.C18H22N4O3/c1-4-18(2,3)14(23)17(26)22-10-6-8-13(22)16(25)21-20-15(24)12-7-5-9-19-11-12;1-4-18(2,3)14(23)17(24)22-10-6-8-13(22)16-21-20-15(25-16)12-7-5-9-19-11-12/h5,7,9,11,13H,4,6,8,10H2,1-3H3,(H,20,24)(H,21,25);5,7,9,11,13H,4,6,8,10H2,1-3H3/t2*13-/m00/s1. The van der Waals surface area contributed by atoms with E-state index in [4.69, 9.17) is 4.42 Å². The number of hydrogen-bond acceptors (Lipinski definition) is 11. The molecule has 2 fully saturated rings. The summed E-state index contributed by atoms with van der Waals surface area (Å²) in [5, 5.41) is 8.15. The maximum Gasteiger partial charge on any atom is 0.291 e. The third-order valence-corrected chi connectivity index (χ3v) is 9.57. The Morgan fingerprint density at radius 3 is 1.96 bits per heavy atom. The highest BCUT2D eigenvalue weighted by atomic mass is 16.4. The molecule has 2 atom stereocenters. The molecule has 0 aliphatic carbocycles. The molecule has 5 rings (SSSR count). The molecular weight excluding hydrogens is 656 g/mol. The summed E-state index contributed by atoms with van der Waals surface area (Å²) in [6.45, 7) is 11.6. The molecule has 2 aliphatic heterocycles. The third kappa shape index (κ3) is 9.07. The van der Waals surface area contributed by atoms with Gasteiger partial charge in [-0.15, -0.1) is 10.2 Å². The summed E-state index contributed by atoms with van der Waals surface area (Å²) in [7, 11) is 0. The number of likely N-dealkylation sites (tertiary alicyclic amines) is 2. The molecule has 0 aromatic carbocycles. The average molecular weight is 703 g/mol. The molecule has 2 saturated heterocycles. The topological polar surface area (TPSA) is 198 Å². The summed E-state index contributed by atoms with van der Waals surface area (Å²) in [6.07, 6.45) is 9.94. The molecule has 272 valence electrons. The lowest BCUT2D eigenvalue weighted by atomic mass is 9.84. The molecular formula is C36H46N8O7. The molecule has 3 aromatic rings. The Morgan fingerprint density at radius 1 is 0.784 bits per heavy atom. The highest BCUT2D eigenvalue weighted by Crippen LogP contribution is 2.34. The Kier molecular flexibility index (Phi) is 12.5. The number of aromatic nitrogens is 4. The first-order valence-electron chi connectivity index (χ1n) is 17.2. The highest BCUT2D eigenvalue weighted by Gasteiger charge is 2.42. The van der Waals surface area contributed by atoms with Gasteiger partial charge in [-0.1, -0.05) is 41.5 Å². The summed E-state index contributed by atoms with van der Waals surface area (Å²) in [5.41, 5.74) is 4.22. The zero-order chi connectivity index (χ0) is 37.3. The summed E-state index contributed by atoms with van der Waals surface area (Å²) >= 11 is 0. The van der Waals surface area contributed by atoms with Crippen molar-refractivity contribution in [3.05, 3.63) is 60.5 Å². The van der Waals surface area contributed by atoms with Gasteiger partial charge in [-0.05, 0) is 62.8 Å². The van der Waals surface area contributed by atoms with Crippen LogP contribution in [0.3, 0.4) is 0 Å². The van der Waals surface area contributed by atoms with Crippen LogP contribution in [0.1, 0.15) is 102 Å². The number of amides is 4. The van der Waals surface area contributed by atoms with Gasteiger partial charge in [-0.25, -0.2) is 0 Å². The van der Waals surface area contributed by atoms with E-state index in [1.54, 1.807) is 63.2 Å². The predicted molar refractivity (Wildman–Crippen MR) is 184 cm³/mol. The minimum absolute atomic E-state index is 0.298. The van der Waals surface area contributed by atoms with E-state index >= 15 is 0 Å². The number of nitrogens with one attached hydrogen (secondary N) is 2. The van der Waals surface area contributed by atoms with E-state index in [1.807, 2.05) is 19.9 Å². The lowest BCUT2D eigenvalue weighted by Crippen LogP contribution is -2.53. The molecule has 0 bridgehead atoms. The van der Waals surface area contributed by atoms with Gasteiger partial charge < -0.3 is 14.2 Å². The smallest absolute Gasteiger partial charge is 0.291 e. The predicted octanol–water partition coefficient (Wildman–Crippen LogP) is 3.64. The van der Waals surface area contributed by atoms with Crippen LogP contribution in [0.25, 0.3) is 11.5 Å². The van der Waals surface area contributed by atoms with Crippen molar-refractivity contribution >= 4 is 35.2 Å². The van der Waals surface area contributed by atoms with Gasteiger partial charge in [0, 0.05) is 48.7 Å². The normalized spacial score (nSPS) is 17.3. The number of hydrogen-bond donors (Lipinski definition) is 2. The molecule has 0 radical (unpaired) electrons. The highest BCUT2D eigenvalue weighted by molar-refractivity contribution is 6.38. The van der Waals surface area contributed by atoms with Crippen molar-refractivity contribution in [3.63, 3.8) is 0 Å². The molecule has 51 heavy (non-hydrogen) atoms. The van der Waals surface area contributed by atoms with Crippen LogP contribution < -0.4 is 10.9 Å². The molecule has 15 nitrogen and oxygen atoms in total. The molecule has 0 saturated carbocycles. The maximum absolute atomic E-state index is 12.7.